The number of nitrogens with zero attached hydrogens (tertiary/aromatic N) is 3. The molecule has 0 amide bonds. The molecular weight excluding hydrogens is 154 g/mol. The van der Waals surface area contributed by atoms with Gasteiger partial charge in [-0.1, -0.05) is 5.11 Å². The standard InChI is InChI=1S/C8H13N3O/c9-11-10-8-3-5-1-6(4-12)7(8)2-5/h5-8,12H,1-4H2. The average molecular weight is 167 g/mol. The minimum atomic E-state index is 0.172. The molecule has 66 valence electrons. The van der Waals surface area contributed by atoms with Gasteiger partial charge in [-0.15, -0.1) is 0 Å². The second-order valence-corrected chi connectivity index (χ2v) is 3.95. The maximum Gasteiger partial charge on any atom is 0.0462 e. The first-order chi connectivity index (χ1) is 5.85. The Morgan fingerprint density at radius 3 is 2.83 bits per heavy atom. The maximum absolute atomic E-state index is 9.04. The summed E-state index contributed by atoms with van der Waals surface area (Å²) in [5.74, 6) is 1.58. The lowest BCUT2D eigenvalue weighted by Crippen LogP contribution is -2.25. The summed E-state index contributed by atoms with van der Waals surface area (Å²) in [5, 5.41) is 12.8. The van der Waals surface area contributed by atoms with E-state index < -0.39 is 0 Å². The van der Waals surface area contributed by atoms with E-state index in [4.69, 9.17) is 10.6 Å². The van der Waals surface area contributed by atoms with Crippen molar-refractivity contribution in [1.82, 2.24) is 0 Å². The van der Waals surface area contributed by atoms with E-state index in [1.165, 1.54) is 0 Å². The van der Waals surface area contributed by atoms with Crippen molar-refractivity contribution in [3.05, 3.63) is 10.4 Å². The highest BCUT2D eigenvalue weighted by atomic mass is 16.3. The van der Waals surface area contributed by atoms with Crippen molar-refractivity contribution in [2.75, 3.05) is 6.61 Å². The van der Waals surface area contributed by atoms with Crippen LogP contribution >= 0.6 is 0 Å². The number of aliphatic hydroxyl groups excluding tert-OH is 1. The zero-order chi connectivity index (χ0) is 8.55. The fourth-order valence-corrected chi connectivity index (χ4v) is 2.87. The molecule has 2 bridgehead atoms. The Bertz CT molecular complexity index is 224. The van der Waals surface area contributed by atoms with Crippen LogP contribution in [0.5, 0.6) is 0 Å². The van der Waals surface area contributed by atoms with Gasteiger partial charge < -0.3 is 5.11 Å². The number of rotatable bonds is 2. The molecule has 4 heteroatoms. The Morgan fingerprint density at radius 1 is 1.42 bits per heavy atom. The molecule has 4 atom stereocenters. The van der Waals surface area contributed by atoms with Crippen molar-refractivity contribution in [3.8, 4) is 0 Å². The Hall–Kier alpha value is -0.730. The van der Waals surface area contributed by atoms with Crippen LogP contribution in [0.1, 0.15) is 19.3 Å². The number of fused-ring (bicyclic) bond motifs is 2. The molecule has 2 aliphatic carbocycles. The minimum Gasteiger partial charge on any atom is -0.396 e. The largest absolute Gasteiger partial charge is 0.396 e. The summed E-state index contributed by atoms with van der Waals surface area (Å²) < 4.78 is 0. The van der Waals surface area contributed by atoms with E-state index in [1.807, 2.05) is 0 Å². The van der Waals surface area contributed by atoms with Crippen molar-refractivity contribution in [3.63, 3.8) is 0 Å². The second-order valence-electron chi connectivity index (χ2n) is 3.95. The summed E-state index contributed by atoms with van der Waals surface area (Å²) in [6, 6.07) is 0.172. The zero-order valence-corrected chi connectivity index (χ0v) is 6.93. The molecule has 0 aliphatic heterocycles. The van der Waals surface area contributed by atoms with Crippen molar-refractivity contribution < 1.29 is 5.11 Å². The summed E-state index contributed by atoms with van der Waals surface area (Å²) in [5.41, 5.74) is 8.31. The average Bonchev–Trinajstić information content (AvgIpc) is 2.62. The van der Waals surface area contributed by atoms with Gasteiger partial charge in [0.25, 0.3) is 0 Å². The van der Waals surface area contributed by atoms with Gasteiger partial charge in [-0.05, 0) is 42.5 Å². The molecular formula is C8H13N3O. The fraction of sp³-hybridized carbons (Fsp3) is 1.00. The van der Waals surface area contributed by atoms with Crippen LogP contribution in [0.25, 0.3) is 10.4 Å². The first-order valence-corrected chi connectivity index (χ1v) is 4.50. The van der Waals surface area contributed by atoms with Gasteiger partial charge in [-0.2, -0.15) is 0 Å². The first-order valence-electron chi connectivity index (χ1n) is 4.50. The zero-order valence-electron chi connectivity index (χ0n) is 6.93. The van der Waals surface area contributed by atoms with Gasteiger partial charge >= 0.3 is 0 Å². The van der Waals surface area contributed by atoms with Crippen LogP contribution in [0.2, 0.25) is 0 Å². The van der Waals surface area contributed by atoms with Gasteiger partial charge in [-0.25, -0.2) is 0 Å². The first kappa shape index (κ1) is 7.90. The van der Waals surface area contributed by atoms with Crippen LogP contribution < -0.4 is 0 Å². The van der Waals surface area contributed by atoms with Crippen LogP contribution in [0.3, 0.4) is 0 Å². The van der Waals surface area contributed by atoms with E-state index in [9.17, 15) is 0 Å². The number of hydrogen-bond acceptors (Lipinski definition) is 2. The van der Waals surface area contributed by atoms with E-state index in [0.29, 0.717) is 17.8 Å². The highest BCUT2D eigenvalue weighted by molar-refractivity contribution is 4.98. The Labute approximate surface area is 71.2 Å². The number of aliphatic hydroxyl groups is 1. The SMILES string of the molecule is [N-]=[N+]=NC1CC2CC(CO)C1C2. The van der Waals surface area contributed by atoms with Crippen LogP contribution in [-0.2, 0) is 0 Å². The normalized spacial score (nSPS) is 44.4. The molecule has 0 aromatic rings. The highest BCUT2D eigenvalue weighted by Crippen LogP contribution is 2.49. The van der Waals surface area contributed by atoms with Crippen LogP contribution in [0, 0.1) is 17.8 Å². The Morgan fingerprint density at radius 2 is 2.25 bits per heavy atom. The van der Waals surface area contributed by atoms with Crippen molar-refractivity contribution in [1.29, 1.82) is 0 Å². The van der Waals surface area contributed by atoms with E-state index >= 15 is 0 Å². The van der Waals surface area contributed by atoms with E-state index in [2.05, 4.69) is 10.0 Å². The second kappa shape index (κ2) is 2.96. The molecule has 4 nitrogen and oxygen atoms in total. The minimum absolute atomic E-state index is 0.172. The lowest BCUT2D eigenvalue weighted by atomic mass is 9.86. The van der Waals surface area contributed by atoms with Crippen LogP contribution in [0.15, 0.2) is 5.11 Å². The highest BCUT2D eigenvalue weighted by Gasteiger charge is 2.45. The van der Waals surface area contributed by atoms with Gasteiger partial charge in [0.2, 0.25) is 0 Å². The maximum atomic E-state index is 9.04. The van der Waals surface area contributed by atoms with Gasteiger partial charge in [0, 0.05) is 17.6 Å². The molecule has 0 spiro atoms. The summed E-state index contributed by atoms with van der Waals surface area (Å²) in [6.07, 6.45) is 3.35. The summed E-state index contributed by atoms with van der Waals surface area (Å²) in [6.45, 7) is 0.263. The molecule has 12 heavy (non-hydrogen) atoms. The third kappa shape index (κ3) is 1.08. The molecule has 1 N–H and O–H groups in total. The monoisotopic (exact) mass is 167 g/mol. The van der Waals surface area contributed by atoms with Crippen molar-refractivity contribution in [2.24, 2.45) is 22.9 Å². The third-order valence-corrected chi connectivity index (χ3v) is 3.35. The smallest absolute Gasteiger partial charge is 0.0462 e. The number of azide groups is 1. The molecule has 2 saturated carbocycles. The van der Waals surface area contributed by atoms with Crippen LogP contribution in [-0.4, -0.2) is 17.8 Å². The number of hydrogen-bond donors (Lipinski definition) is 1. The molecule has 0 heterocycles. The van der Waals surface area contributed by atoms with Gasteiger partial charge in [0.1, 0.15) is 0 Å². The van der Waals surface area contributed by atoms with E-state index in [-0.39, 0.29) is 12.6 Å². The fourth-order valence-electron chi connectivity index (χ4n) is 2.87. The summed E-state index contributed by atoms with van der Waals surface area (Å²) >= 11 is 0. The lowest BCUT2D eigenvalue weighted by Gasteiger charge is -2.24. The van der Waals surface area contributed by atoms with E-state index in [1.54, 1.807) is 0 Å². The predicted molar refractivity (Wildman–Crippen MR) is 44.3 cm³/mol. The molecule has 0 radical (unpaired) electrons. The quantitative estimate of drug-likeness (QED) is 0.379. The van der Waals surface area contributed by atoms with E-state index in [0.717, 1.165) is 19.3 Å². The van der Waals surface area contributed by atoms with Crippen LogP contribution in [0.4, 0.5) is 0 Å². The molecule has 0 aromatic heterocycles. The topological polar surface area (TPSA) is 69.0 Å². The summed E-state index contributed by atoms with van der Waals surface area (Å²) in [4.78, 5) is 2.85. The van der Waals surface area contributed by atoms with Gasteiger partial charge in [0.05, 0.1) is 0 Å². The predicted octanol–water partition coefficient (Wildman–Crippen LogP) is 1.70. The molecule has 0 aromatic carbocycles. The van der Waals surface area contributed by atoms with Gasteiger partial charge in [0.15, 0.2) is 0 Å². The molecule has 2 fully saturated rings. The Balaban J connectivity index is 2.08. The Kier molecular flexibility index (Phi) is 1.95. The third-order valence-electron chi connectivity index (χ3n) is 3.35. The van der Waals surface area contributed by atoms with Crippen molar-refractivity contribution >= 4 is 0 Å². The van der Waals surface area contributed by atoms with Gasteiger partial charge in [-0.3, -0.25) is 0 Å². The summed E-state index contributed by atoms with van der Waals surface area (Å²) in [7, 11) is 0. The molecule has 4 unspecified atom stereocenters. The molecule has 2 aliphatic rings. The molecule has 2 rings (SSSR count). The molecule has 0 saturated heterocycles. The van der Waals surface area contributed by atoms with Crippen molar-refractivity contribution in [2.45, 2.75) is 25.3 Å². The lowest BCUT2D eigenvalue weighted by molar-refractivity contribution is 0.166.